The minimum atomic E-state index is -0.629. The monoisotopic (exact) mass is 421 g/mol. The lowest BCUT2D eigenvalue weighted by Crippen LogP contribution is -2.34. The molecule has 160 valence electrons. The standard InChI is InChI=1S/C24H24FN3O3/c1-26-23(30)20-15-28(13-5-8-17-6-3-2-4-7-17)16-21(22(20)29)24(31)27-14-18-9-11-19(25)12-10-18/h2-4,6-7,9-12,15-16H,5,8,13-14H2,1H3,(H,26,30)(H,27,31). The van der Waals surface area contributed by atoms with E-state index in [4.69, 9.17) is 0 Å². The molecule has 0 aliphatic rings. The minimum absolute atomic E-state index is 0.0864. The molecular formula is C24H24FN3O3. The fourth-order valence-electron chi connectivity index (χ4n) is 3.21. The first-order chi connectivity index (χ1) is 15.0. The van der Waals surface area contributed by atoms with Gasteiger partial charge in [-0.1, -0.05) is 42.5 Å². The summed E-state index contributed by atoms with van der Waals surface area (Å²) in [5.41, 5.74) is 1.06. The fourth-order valence-corrected chi connectivity index (χ4v) is 3.21. The number of hydrogen-bond acceptors (Lipinski definition) is 3. The first-order valence-electron chi connectivity index (χ1n) is 10.0. The Balaban J connectivity index is 1.77. The molecule has 3 rings (SSSR count). The first kappa shape index (κ1) is 22.0. The van der Waals surface area contributed by atoms with Crippen LogP contribution in [0.15, 0.2) is 71.8 Å². The van der Waals surface area contributed by atoms with Crippen LogP contribution in [0.5, 0.6) is 0 Å². The van der Waals surface area contributed by atoms with Gasteiger partial charge in [0, 0.05) is 32.5 Å². The van der Waals surface area contributed by atoms with Crippen molar-refractivity contribution in [3.05, 3.63) is 105 Å². The Morgan fingerprint density at radius 2 is 1.55 bits per heavy atom. The zero-order valence-electron chi connectivity index (χ0n) is 17.2. The van der Waals surface area contributed by atoms with Crippen LogP contribution in [0.2, 0.25) is 0 Å². The van der Waals surface area contributed by atoms with Gasteiger partial charge in [0.15, 0.2) is 0 Å². The van der Waals surface area contributed by atoms with E-state index in [9.17, 15) is 18.8 Å². The Kier molecular flexibility index (Phi) is 7.32. The second-order valence-corrected chi connectivity index (χ2v) is 7.13. The largest absolute Gasteiger partial charge is 0.355 e. The van der Waals surface area contributed by atoms with Gasteiger partial charge in [-0.3, -0.25) is 14.4 Å². The van der Waals surface area contributed by atoms with E-state index in [0.717, 1.165) is 12.8 Å². The predicted molar refractivity (Wildman–Crippen MR) is 116 cm³/mol. The lowest BCUT2D eigenvalue weighted by molar-refractivity contribution is 0.0949. The van der Waals surface area contributed by atoms with E-state index in [2.05, 4.69) is 10.6 Å². The van der Waals surface area contributed by atoms with Crippen LogP contribution in [0.3, 0.4) is 0 Å². The number of pyridine rings is 1. The number of carbonyl (C=O) groups is 2. The number of nitrogens with zero attached hydrogens (tertiary/aromatic N) is 1. The van der Waals surface area contributed by atoms with E-state index >= 15 is 0 Å². The van der Waals surface area contributed by atoms with Crippen molar-refractivity contribution in [3.8, 4) is 0 Å². The Morgan fingerprint density at radius 1 is 0.903 bits per heavy atom. The molecule has 1 heterocycles. The molecule has 3 aromatic rings. The van der Waals surface area contributed by atoms with Crippen molar-refractivity contribution in [2.24, 2.45) is 0 Å². The smallest absolute Gasteiger partial charge is 0.257 e. The Hall–Kier alpha value is -3.74. The number of amides is 2. The van der Waals surface area contributed by atoms with Gasteiger partial charge in [-0.2, -0.15) is 0 Å². The SMILES string of the molecule is CNC(=O)c1cn(CCCc2ccccc2)cc(C(=O)NCc2ccc(F)cc2)c1=O. The quantitative estimate of drug-likeness (QED) is 0.587. The highest BCUT2D eigenvalue weighted by Crippen LogP contribution is 2.07. The third-order valence-corrected chi connectivity index (χ3v) is 4.89. The fraction of sp³-hybridized carbons (Fsp3) is 0.208. The summed E-state index contributed by atoms with van der Waals surface area (Å²) >= 11 is 0. The summed E-state index contributed by atoms with van der Waals surface area (Å²) in [6.45, 7) is 0.675. The second kappa shape index (κ2) is 10.3. The van der Waals surface area contributed by atoms with Crippen LogP contribution in [0.1, 0.15) is 38.3 Å². The number of carbonyl (C=O) groups excluding carboxylic acids is 2. The van der Waals surface area contributed by atoms with Crippen LogP contribution in [0.4, 0.5) is 4.39 Å². The molecular weight excluding hydrogens is 397 g/mol. The van der Waals surface area contributed by atoms with Crippen LogP contribution in [0, 0.1) is 5.82 Å². The number of nitrogens with one attached hydrogen (secondary N) is 2. The minimum Gasteiger partial charge on any atom is -0.355 e. The van der Waals surface area contributed by atoms with Crippen LogP contribution >= 0.6 is 0 Å². The second-order valence-electron chi connectivity index (χ2n) is 7.13. The molecule has 31 heavy (non-hydrogen) atoms. The zero-order valence-corrected chi connectivity index (χ0v) is 17.2. The summed E-state index contributed by atoms with van der Waals surface area (Å²) in [6.07, 6.45) is 4.55. The van der Waals surface area contributed by atoms with E-state index in [-0.39, 0.29) is 23.5 Å². The van der Waals surface area contributed by atoms with Crippen molar-refractivity contribution in [2.45, 2.75) is 25.9 Å². The molecule has 0 saturated heterocycles. The summed E-state index contributed by atoms with van der Waals surface area (Å²) < 4.78 is 14.7. The van der Waals surface area contributed by atoms with E-state index in [1.165, 1.54) is 37.1 Å². The van der Waals surface area contributed by atoms with Crippen molar-refractivity contribution in [1.82, 2.24) is 15.2 Å². The van der Waals surface area contributed by atoms with Gasteiger partial charge in [0.05, 0.1) is 0 Å². The molecule has 2 aromatic carbocycles. The van der Waals surface area contributed by atoms with Crippen LogP contribution in [0.25, 0.3) is 0 Å². The molecule has 0 bridgehead atoms. The van der Waals surface area contributed by atoms with Gasteiger partial charge in [0.25, 0.3) is 11.8 Å². The van der Waals surface area contributed by atoms with Crippen molar-refractivity contribution in [2.75, 3.05) is 7.05 Å². The van der Waals surface area contributed by atoms with Crippen LogP contribution < -0.4 is 16.1 Å². The molecule has 6 nitrogen and oxygen atoms in total. The predicted octanol–water partition coefficient (Wildman–Crippen LogP) is 2.91. The number of aromatic nitrogens is 1. The van der Waals surface area contributed by atoms with Crippen molar-refractivity contribution >= 4 is 11.8 Å². The summed E-state index contributed by atoms with van der Waals surface area (Å²) in [6, 6.07) is 15.7. The van der Waals surface area contributed by atoms with Crippen LogP contribution in [-0.4, -0.2) is 23.4 Å². The molecule has 0 aliphatic carbocycles. The topological polar surface area (TPSA) is 80.2 Å². The maximum atomic E-state index is 13.0. The van der Waals surface area contributed by atoms with Crippen LogP contribution in [-0.2, 0) is 19.5 Å². The maximum Gasteiger partial charge on any atom is 0.257 e. The molecule has 2 N–H and O–H groups in total. The highest BCUT2D eigenvalue weighted by molar-refractivity contribution is 5.99. The van der Waals surface area contributed by atoms with Gasteiger partial charge in [0.1, 0.15) is 16.9 Å². The van der Waals surface area contributed by atoms with Gasteiger partial charge in [-0.25, -0.2) is 4.39 Å². The highest BCUT2D eigenvalue weighted by atomic mass is 19.1. The Labute approximate surface area is 179 Å². The lowest BCUT2D eigenvalue weighted by Gasteiger charge is -2.12. The number of halogens is 1. The Morgan fingerprint density at radius 3 is 2.19 bits per heavy atom. The number of hydrogen-bond donors (Lipinski definition) is 2. The van der Waals surface area contributed by atoms with E-state index in [1.54, 1.807) is 16.7 Å². The molecule has 0 fully saturated rings. The van der Waals surface area contributed by atoms with E-state index in [1.807, 2.05) is 30.3 Å². The van der Waals surface area contributed by atoms with Crippen molar-refractivity contribution in [1.29, 1.82) is 0 Å². The zero-order chi connectivity index (χ0) is 22.2. The summed E-state index contributed by atoms with van der Waals surface area (Å²) in [4.78, 5) is 37.6. The molecule has 0 atom stereocenters. The summed E-state index contributed by atoms with van der Waals surface area (Å²) in [5, 5.41) is 5.10. The van der Waals surface area contributed by atoms with Gasteiger partial charge in [-0.05, 0) is 36.1 Å². The van der Waals surface area contributed by atoms with Gasteiger partial charge >= 0.3 is 0 Å². The van der Waals surface area contributed by atoms with Gasteiger partial charge < -0.3 is 15.2 Å². The molecule has 0 saturated carbocycles. The molecule has 2 amide bonds. The Bertz CT molecular complexity index is 1110. The molecule has 1 aromatic heterocycles. The molecule has 0 unspecified atom stereocenters. The van der Waals surface area contributed by atoms with Crippen molar-refractivity contribution < 1.29 is 14.0 Å². The molecule has 0 spiro atoms. The summed E-state index contributed by atoms with van der Waals surface area (Å²) in [5.74, 6) is -1.50. The third-order valence-electron chi connectivity index (χ3n) is 4.89. The van der Waals surface area contributed by atoms with E-state index in [0.29, 0.717) is 12.1 Å². The molecule has 0 radical (unpaired) electrons. The third kappa shape index (κ3) is 5.88. The van der Waals surface area contributed by atoms with Gasteiger partial charge in [-0.15, -0.1) is 0 Å². The number of rotatable bonds is 8. The molecule has 7 heteroatoms. The average Bonchev–Trinajstić information content (AvgIpc) is 2.79. The normalized spacial score (nSPS) is 10.5. The average molecular weight is 421 g/mol. The highest BCUT2D eigenvalue weighted by Gasteiger charge is 2.18. The number of benzene rings is 2. The molecule has 0 aliphatic heterocycles. The van der Waals surface area contributed by atoms with E-state index < -0.39 is 17.2 Å². The maximum absolute atomic E-state index is 13.0. The summed E-state index contributed by atoms with van der Waals surface area (Å²) in [7, 11) is 1.43. The first-order valence-corrected chi connectivity index (χ1v) is 10.0. The van der Waals surface area contributed by atoms with Crippen molar-refractivity contribution in [3.63, 3.8) is 0 Å². The number of aryl methyl sites for hydroxylation is 2. The lowest BCUT2D eigenvalue weighted by atomic mass is 10.1. The van der Waals surface area contributed by atoms with Gasteiger partial charge in [0.2, 0.25) is 5.43 Å².